The number of methoxy groups -OCH3 is 1. The molecule has 132 valence electrons. The summed E-state index contributed by atoms with van der Waals surface area (Å²) in [4.78, 5) is 40.3. The van der Waals surface area contributed by atoms with Gasteiger partial charge in [-0.3, -0.25) is 14.4 Å². The zero-order valence-electron chi connectivity index (χ0n) is 14.7. The van der Waals surface area contributed by atoms with Gasteiger partial charge in [0.25, 0.3) is 0 Å². The van der Waals surface area contributed by atoms with E-state index in [-0.39, 0.29) is 29.6 Å². The summed E-state index contributed by atoms with van der Waals surface area (Å²) < 4.78 is 7.02. The van der Waals surface area contributed by atoms with Crippen LogP contribution in [0.25, 0.3) is 0 Å². The summed E-state index contributed by atoms with van der Waals surface area (Å²) in [6.07, 6.45) is 2.84. The molecule has 0 N–H and O–H groups in total. The van der Waals surface area contributed by atoms with Crippen molar-refractivity contribution in [2.75, 3.05) is 13.7 Å². The van der Waals surface area contributed by atoms with Crippen LogP contribution < -0.4 is 0 Å². The number of fused-ring (bicyclic) bond motifs is 4. The van der Waals surface area contributed by atoms with Gasteiger partial charge in [-0.15, -0.1) is 0 Å². The molecule has 2 atom stereocenters. The van der Waals surface area contributed by atoms with Gasteiger partial charge in [0, 0.05) is 37.1 Å². The SMILES string of the molecule is COC(=O)[C@@H]1C(=O)C2=C(CC1(C)C)N1CCn3cccc3[C@@H]1CC2=O. The van der Waals surface area contributed by atoms with Crippen molar-refractivity contribution in [3.8, 4) is 0 Å². The van der Waals surface area contributed by atoms with E-state index in [9.17, 15) is 14.4 Å². The predicted molar refractivity (Wildman–Crippen MR) is 89.4 cm³/mol. The Hall–Kier alpha value is -2.37. The van der Waals surface area contributed by atoms with Crippen LogP contribution in [0.4, 0.5) is 0 Å². The highest BCUT2D eigenvalue weighted by Crippen LogP contribution is 2.49. The summed E-state index contributed by atoms with van der Waals surface area (Å²) in [7, 11) is 1.28. The Morgan fingerprint density at radius 1 is 1.28 bits per heavy atom. The van der Waals surface area contributed by atoms with Crippen LogP contribution in [-0.4, -0.2) is 40.7 Å². The molecule has 0 spiro atoms. The van der Waals surface area contributed by atoms with E-state index in [4.69, 9.17) is 4.74 Å². The number of ether oxygens (including phenoxy) is 1. The Morgan fingerprint density at radius 2 is 2.04 bits per heavy atom. The van der Waals surface area contributed by atoms with Gasteiger partial charge in [-0.05, 0) is 24.0 Å². The lowest BCUT2D eigenvalue weighted by Gasteiger charge is -2.48. The molecule has 0 saturated heterocycles. The summed E-state index contributed by atoms with van der Waals surface area (Å²) in [6, 6.07) is 4.02. The summed E-state index contributed by atoms with van der Waals surface area (Å²) in [5, 5.41) is 0. The zero-order valence-corrected chi connectivity index (χ0v) is 14.7. The van der Waals surface area contributed by atoms with Crippen molar-refractivity contribution in [2.45, 2.75) is 39.3 Å². The maximum Gasteiger partial charge on any atom is 0.317 e. The average molecular weight is 342 g/mol. The first kappa shape index (κ1) is 16.1. The molecule has 0 bridgehead atoms. The second-order valence-corrected chi connectivity index (χ2v) is 7.77. The smallest absolute Gasteiger partial charge is 0.317 e. The number of allylic oxidation sites excluding steroid dienone is 2. The standard InChI is InChI=1S/C19H22N2O4/c1-19(2)10-13-15(17(23)16(19)18(24)25-3)14(22)9-12-11-5-4-6-20(11)7-8-21(12)13/h4-6,12,16H,7-10H2,1-3H3/t12-,16-/m0/s1. The second-order valence-electron chi connectivity index (χ2n) is 7.77. The number of aromatic nitrogens is 1. The van der Waals surface area contributed by atoms with Crippen molar-refractivity contribution >= 4 is 17.5 Å². The second kappa shape index (κ2) is 5.31. The van der Waals surface area contributed by atoms with Gasteiger partial charge in [0.05, 0.1) is 18.7 Å². The maximum atomic E-state index is 13.0. The van der Waals surface area contributed by atoms with Crippen LogP contribution in [0.3, 0.4) is 0 Å². The number of hydrogen-bond donors (Lipinski definition) is 0. The van der Waals surface area contributed by atoms with E-state index in [0.717, 1.165) is 24.5 Å². The first-order valence-electron chi connectivity index (χ1n) is 8.65. The number of nitrogens with zero attached hydrogens (tertiary/aromatic N) is 2. The fraction of sp³-hybridized carbons (Fsp3) is 0.526. The molecule has 0 radical (unpaired) electrons. The molecule has 0 amide bonds. The Kier molecular flexibility index (Phi) is 3.42. The maximum absolute atomic E-state index is 13.0. The molecule has 3 heterocycles. The Bertz CT molecular complexity index is 817. The molecule has 1 aromatic rings. The number of hydrogen-bond acceptors (Lipinski definition) is 5. The third-order valence-corrected chi connectivity index (χ3v) is 5.81. The summed E-state index contributed by atoms with van der Waals surface area (Å²) in [6.45, 7) is 5.40. The minimum Gasteiger partial charge on any atom is -0.468 e. The molecular formula is C19H22N2O4. The molecule has 25 heavy (non-hydrogen) atoms. The molecule has 4 rings (SSSR count). The monoisotopic (exact) mass is 342 g/mol. The highest BCUT2D eigenvalue weighted by Gasteiger charge is 2.52. The van der Waals surface area contributed by atoms with Crippen molar-refractivity contribution in [3.63, 3.8) is 0 Å². The van der Waals surface area contributed by atoms with Crippen molar-refractivity contribution in [3.05, 3.63) is 35.3 Å². The molecule has 6 nitrogen and oxygen atoms in total. The van der Waals surface area contributed by atoms with Crippen LogP contribution in [0.2, 0.25) is 0 Å². The molecule has 0 aromatic carbocycles. The minimum absolute atomic E-state index is 0.0201. The van der Waals surface area contributed by atoms with E-state index in [2.05, 4.69) is 9.47 Å². The van der Waals surface area contributed by atoms with Crippen LogP contribution in [-0.2, 0) is 25.7 Å². The molecule has 6 heteroatoms. The van der Waals surface area contributed by atoms with E-state index in [0.29, 0.717) is 6.42 Å². The lowest BCUT2D eigenvalue weighted by Crippen LogP contribution is -2.51. The topological polar surface area (TPSA) is 68.6 Å². The lowest BCUT2D eigenvalue weighted by atomic mass is 9.65. The fourth-order valence-electron chi connectivity index (χ4n) is 4.63. The molecule has 1 aliphatic carbocycles. The summed E-state index contributed by atoms with van der Waals surface area (Å²) >= 11 is 0. The van der Waals surface area contributed by atoms with Gasteiger partial charge in [-0.1, -0.05) is 13.8 Å². The van der Waals surface area contributed by atoms with E-state index in [1.165, 1.54) is 7.11 Å². The third kappa shape index (κ3) is 2.19. The first-order chi connectivity index (χ1) is 11.8. The van der Waals surface area contributed by atoms with Gasteiger partial charge >= 0.3 is 5.97 Å². The minimum atomic E-state index is -0.912. The van der Waals surface area contributed by atoms with Crippen molar-refractivity contribution in [2.24, 2.45) is 11.3 Å². The number of carbonyl (C=O) groups excluding carboxylic acids is 3. The summed E-state index contributed by atoms with van der Waals surface area (Å²) in [5.41, 5.74) is 1.58. The Labute approximate surface area is 146 Å². The molecule has 2 aliphatic heterocycles. The van der Waals surface area contributed by atoms with Crippen LogP contribution in [0.5, 0.6) is 0 Å². The van der Waals surface area contributed by atoms with Gasteiger partial charge < -0.3 is 14.2 Å². The van der Waals surface area contributed by atoms with Gasteiger partial charge in [0.1, 0.15) is 5.92 Å². The Balaban J connectivity index is 1.81. The predicted octanol–water partition coefficient (Wildman–Crippen LogP) is 1.86. The van der Waals surface area contributed by atoms with Crippen LogP contribution in [0.15, 0.2) is 29.6 Å². The van der Waals surface area contributed by atoms with E-state index < -0.39 is 17.3 Å². The van der Waals surface area contributed by atoms with Crippen LogP contribution >= 0.6 is 0 Å². The van der Waals surface area contributed by atoms with Crippen LogP contribution in [0, 0.1) is 11.3 Å². The number of esters is 1. The van der Waals surface area contributed by atoms with Gasteiger partial charge in [0.2, 0.25) is 0 Å². The molecule has 3 aliphatic rings. The van der Waals surface area contributed by atoms with E-state index >= 15 is 0 Å². The van der Waals surface area contributed by atoms with Crippen molar-refractivity contribution < 1.29 is 19.1 Å². The fourth-order valence-corrected chi connectivity index (χ4v) is 4.63. The van der Waals surface area contributed by atoms with E-state index in [1.807, 2.05) is 32.2 Å². The highest BCUT2D eigenvalue weighted by molar-refractivity contribution is 6.26. The lowest BCUT2D eigenvalue weighted by molar-refractivity contribution is -0.154. The number of carbonyl (C=O) groups is 3. The molecular weight excluding hydrogens is 320 g/mol. The highest BCUT2D eigenvalue weighted by atomic mass is 16.5. The normalized spacial score (nSPS) is 27.6. The van der Waals surface area contributed by atoms with Gasteiger partial charge in [-0.25, -0.2) is 0 Å². The van der Waals surface area contributed by atoms with Gasteiger partial charge in [0.15, 0.2) is 11.6 Å². The Morgan fingerprint density at radius 3 is 2.76 bits per heavy atom. The molecule has 0 fully saturated rings. The van der Waals surface area contributed by atoms with Crippen LogP contribution in [0.1, 0.15) is 38.4 Å². The average Bonchev–Trinajstić information content (AvgIpc) is 3.02. The molecule has 1 aromatic heterocycles. The number of rotatable bonds is 1. The largest absolute Gasteiger partial charge is 0.468 e. The zero-order chi connectivity index (χ0) is 17.9. The van der Waals surface area contributed by atoms with Crippen molar-refractivity contribution in [1.29, 1.82) is 0 Å². The summed E-state index contributed by atoms with van der Waals surface area (Å²) in [5.74, 6) is -1.99. The molecule has 0 unspecified atom stereocenters. The number of ketones is 2. The van der Waals surface area contributed by atoms with E-state index in [1.54, 1.807) is 0 Å². The van der Waals surface area contributed by atoms with Crippen molar-refractivity contribution in [1.82, 2.24) is 9.47 Å². The third-order valence-electron chi connectivity index (χ3n) is 5.81. The quantitative estimate of drug-likeness (QED) is 0.443. The number of Topliss-reactive ketones (excluding diaryl/α,β-unsaturated/α-hetero) is 2. The first-order valence-corrected chi connectivity index (χ1v) is 8.65. The van der Waals surface area contributed by atoms with Gasteiger partial charge in [-0.2, -0.15) is 0 Å². The molecule has 0 saturated carbocycles.